The van der Waals surface area contributed by atoms with Gasteiger partial charge in [0.1, 0.15) is 0 Å². The summed E-state index contributed by atoms with van der Waals surface area (Å²) in [5, 5.41) is 4.06. The van der Waals surface area contributed by atoms with Crippen molar-refractivity contribution in [1.29, 1.82) is 0 Å². The Balaban J connectivity index is 1.59. The van der Waals surface area contributed by atoms with E-state index in [2.05, 4.69) is 16.4 Å². The third-order valence-electron chi connectivity index (χ3n) is 4.15. The number of hydrogen-bond donors (Lipinski definition) is 1. The van der Waals surface area contributed by atoms with Crippen LogP contribution in [0.3, 0.4) is 0 Å². The smallest absolute Gasteiger partial charge is 0.317 e. The number of pyridine rings is 1. The molecular weight excluding hydrogens is 278 g/mol. The SMILES string of the molecule is CN(C(=O)NCc1cnc2ccccc2c1)C1CCOCC1. The van der Waals surface area contributed by atoms with Gasteiger partial charge in [-0.05, 0) is 30.5 Å². The van der Waals surface area contributed by atoms with Crippen LogP contribution in [0, 0.1) is 0 Å². The van der Waals surface area contributed by atoms with E-state index < -0.39 is 0 Å². The van der Waals surface area contributed by atoms with Crippen molar-refractivity contribution in [2.45, 2.75) is 25.4 Å². The maximum absolute atomic E-state index is 12.2. The van der Waals surface area contributed by atoms with E-state index in [1.54, 1.807) is 4.90 Å². The van der Waals surface area contributed by atoms with Crippen LogP contribution in [0.15, 0.2) is 36.5 Å². The second-order valence-corrected chi connectivity index (χ2v) is 5.65. The average molecular weight is 299 g/mol. The third kappa shape index (κ3) is 3.36. The van der Waals surface area contributed by atoms with Gasteiger partial charge in [-0.3, -0.25) is 4.98 Å². The van der Waals surface area contributed by atoms with Gasteiger partial charge in [0.25, 0.3) is 0 Å². The Morgan fingerprint density at radius 1 is 1.36 bits per heavy atom. The summed E-state index contributed by atoms with van der Waals surface area (Å²) in [5.41, 5.74) is 1.98. The number of amides is 2. The Bertz CT molecular complexity index is 653. The van der Waals surface area contributed by atoms with Gasteiger partial charge < -0.3 is 15.0 Å². The molecule has 1 aromatic carbocycles. The first-order valence-corrected chi connectivity index (χ1v) is 7.66. The maximum atomic E-state index is 12.2. The molecule has 1 aliphatic heterocycles. The van der Waals surface area contributed by atoms with Crippen molar-refractivity contribution in [2.24, 2.45) is 0 Å². The first-order valence-electron chi connectivity index (χ1n) is 7.66. The number of carbonyl (C=O) groups is 1. The lowest BCUT2D eigenvalue weighted by atomic mass is 10.1. The minimum Gasteiger partial charge on any atom is -0.381 e. The molecular formula is C17H21N3O2. The van der Waals surface area contributed by atoms with Gasteiger partial charge >= 0.3 is 6.03 Å². The zero-order valence-electron chi connectivity index (χ0n) is 12.8. The number of aromatic nitrogens is 1. The molecule has 0 spiro atoms. The van der Waals surface area contributed by atoms with Crippen LogP contribution in [0.5, 0.6) is 0 Å². The fraction of sp³-hybridized carbons (Fsp3) is 0.412. The van der Waals surface area contributed by atoms with E-state index in [9.17, 15) is 4.79 Å². The molecule has 0 aliphatic carbocycles. The Morgan fingerprint density at radius 2 is 2.14 bits per heavy atom. The fourth-order valence-electron chi connectivity index (χ4n) is 2.75. The fourth-order valence-corrected chi connectivity index (χ4v) is 2.75. The first kappa shape index (κ1) is 14.8. The predicted molar refractivity (Wildman–Crippen MR) is 85.6 cm³/mol. The van der Waals surface area contributed by atoms with Gasteiger partial charge in [-0.25, -0.2) is 4.79 Å². The number of hydrogen-bond acceptors (Lipinski definition) is 3. The van der Waals surface area contributed by atoms with E-state index in [-0.39, 0.29) is 12.1 Å². The van der Waals surface area contributed by atoms with Gasteiger partial charge in [0.2, 0.25) is 0 Å². The molecule has 1 aromatic heterocycles. The number of nitrogens with one attached hydrogen (secondary N) is 1. The zero-order chi connectivity index (χ0) is 15.4. The quantitative estimate of drug-likeness (QED) is 0.947. The molecule has 2 heterocycles. The van der Waals surface area contributed by atoms with Crippen LogP contribution in [-0.2, 0) is 11.3 Å². The summed E-state index contributed by atoms with van der Waals surface area (Å²) in [6, 6.07) is 10.3. The van der Waals surface area contributed by atoms with Gasteiger partial charge in [0.05, 0.1) is 5.52 Å². The average Bonchev–Trinajstić information content (AvgIpc) is 2.59. The zero-order valence-corrected chi connectivity index (χ0v) is 12.8. The van der Waals surface area contributed by atoms with Gasteiger partial charge in [0, 0.05) is 44.4 Å². The second-order valence-electron chi connectivity index (χ2n) is 5.65. The molecule has 0 atom stereocenters. The molecule has 22 heavy (non-hydrogen) atoms. The highest BCUT2D eigenvalue weighted by atomic mass is 16.5. The molecule has 2 amide bonds. The highest BCUT2D eigenvalue weighted by Crippen LogP contribution is 2.14. The highest BCUT2D eigenvalue weighted by molar-refractivity contribution is 5.79. The predicted octanol–water partition coefficient (Wildman–Crippen LogP) is 2.56. The normalized spacial score (nSPS) is 15.7. The highest BCUT2D eigenvalue weighted by Gasteiger charge is 2.22. The lowest BCUT2D eigenvalue weighted by Gasteiger charge is -2.31. The lowest BCUT2D eigenvalue weighted by Crippen LogP contribution is -2.45. The van der Waals surface area contributed by atoms with Crippen molar-refractivity contribution in [3.8, 4) is 0 Å². The molecule has 0 bridgehead atoms. The van der Waals surface area contributed by atoms with Crippen LogP contribution in [0.2, 0.25) is 0 Å². The van der Waals surface area contributed by atoms with Crippen molar-refractivity contribution >= 4 is 16.9 Å². The van der Waals surface area contributed by atoms with Gasteiger partial charge in [-0.15, -0.1) is 0 Å². The summed E-state index contributed by atoms with van der Waals surface area (Å²) in [4.78, 5) is 18.4. The number of nitrogens with zero attached hydrogens (tertiary/aromatic N) is 2. The molecule has 5 nitrogen and oxygen atoms in total. The third-order valence-corrected chi connectivity index (χ3v) is 4.15. The number of carbonyl (C=O) groups excluding carboxylic acids is 1. The molecule has 0 saturated carbocycles. The second kappa shape index (κ2) is 6.75. The molecule has 2 aromatic rings. The van der Waals surface area contributed by atoms with E-state index in [0.29, 0.717) is 6.54 Å². The first-order chi connectivity index (χ1) is 10.7. The number of urea groups is 1. The molecule has 1 N–H and O–H groups in total. The summed E-state index contributed by atoms with van der Waals surface area (Å²) >= 11 is 0. The Kier molecular flexibility index (Phi) is 4.53. The standard InChI is InChI=1S/C17H21N3O2/c1-20(15-6-8-22-9-7-15)17(21)19-12-13-10-14-4-2-3-5-16(14)18-11-13/h2-5,10-11,15H,6-9,12H2,1H3,(H,19,21). The van der Waals surface area contributed by atoms with Crippen LogP contribution in [0.25, 0.3) is 10.9 Å². The largest absolute Gasteiger partial charge is 0.381 e. The number of para-hydroxylation sites is 1. The lowest BCUT2D eigenvalue weighted by molar-refractivity contribution is 0.0525. The number of fused-ring (bicyclic) bond motifs is 1. The molecule has 3 rings (SSSR count). The summed E-state index contributed by atoms with van der Waals surface area (Å²) in [6.07, 6.45) is 3.62. The molecule has 116 valence electrons. The number of rotatable bonds is 3. The van der Waals surface area contributed by atoms with Gasteiger partial charge in [0.15, 0.2) is 0 Å². The topological polar surface area (TPSA) is 54.5 Å². The summed E-state index contributed by atoms with van der Waals surface area (Å²) in [5.74, 6) is 0. The van der Waals surface area contributed by atoms with Crippen molar-refractivity contribution < 1.29 is 9.53 Å². The van der Waals surface area contributed by atoms with Gasteiger partial charge in [-0.2, -0.15) is 0 Å². The maximum Gasteiger partial charge on any atom is 0.317 e. The van der Waals surface area contributed by atoms with Crippen molar-refractivity contribution in [2.75, 3.05) is 20.3 Å². The summed E-state index contributed by atoms with van der Waals surface area (Å²) < 4.78 is 5.33. The Labute approximate surface area is 130 Å². The van der Waals surface area contributed by atoms with Crippen LogP contribution in [0.4, 0.5) is 4.79 Å². The molecule has 5 heteroatoms. The van der Waals surface area contributed by atoms with Crippen molar-refractivity contribution in [3.05, 3.63) is 42.1 Å². The number of benzene rings is 1. The monoisotopic (exact) mass is 299 g/mol. The van der Waals surface area contributed by atoms with Crippen molar-refractivity contribution in [1.82, 2.24) is 15.2 Å². The van der Waals surface area contributed by atoms with E-state index in [1.807, 2.05) is 37.5 Å². The van der Waals surface area contributed by atoms with Crippen LogP contribution >= 0.6 is 0 Å². The van der Waals surface area contributed by atoms with E-state index in [1.165, 1.54) is 0 Å². The Hall–Kier alpha value is -2.14. The van der Waals surface area contributed by atoms with E-state index in [4.69, 9.17) is 4.74 Å². The van der Waals surface area contributed by atoms with Crippen LogP contribution in [0.1, 0.15) is 18.4 Å². The molecule has 1 fully saturated rings. The minimum absolute atomic E-state index is 0.0416. The van der Waals surface area contributed by atoms with Crippen LogP contribution < -0.4 is 5.32 Å². The number of ether oxygens (including phenoxy) is 1. The van der Waals surface area contributed by atoms with E-state index >= 15 is 0 Å². The molecule has 1 saturated heterocycles. The van der Waals surface area contributed by atoms with Gasteiger partial charge in [-0.1, -0.05) is 18.2 Å². The van der Waals surface area contributed by atoms with Crippen molar-refractivity contribution in [3.63, 3.8) is 0 Å². The summed E-state index contributed by atoms with van der Waals surface area (Å²) in [7, 11) is 1.85. The minimum atomic E-state index is -0.0416. The molecule has 0 unspecified atom stereocenters. The summed E-state index contributed by atoms with van der Waals surface area (Å²) in [6.45, 7) is 1.96. The van der Waals surface area contributed by atoms with Crippen LogP contribution in [-0.4, -0.2) is 42.2 Å². The van der Waals surface area contributed by atoms with E-state index in [0.717, 1.165) is 42.5 Å². The Morgan fingerprint density at radius 3 is 2.95 bits per heavy atom. The molecule has 1 aliphatic rings. The molecule has 0 radical (unpaired) electrons.